The van der Waals surface area contributed by atoms with Crippen LogP contribution in [0.5, 0.6) is 0 Å². The smallest absolute Gasteiger partial charge is 0.0443 e. The lowest BCUT2D eigenvalue weighted by Gasteiger charge is -2.15. The van der Waals surface area contributed by atoms with Gasteiger partial charge in [0.05, 0.1) is 0 Å². The summed E-state index contributed by atoms with van der Waals surface area (Å²) < 4.78 is 0. The predicted molar refractivity (Wildman–Crippen MR) is 545 cm³/mol. The van der Waals surface area contributed by atoms with Crippen LogP contribution in [0.15, 0.2) is 0 Å². The van der Waals surface area contributed by atoms with Crippen LogP contribution in [-0.2, 0) is 0 Å². The van der Waals surface area contributed by atoms with E-state index >= 15 is 0 Å². The van der Waals surface area contributed by atoms with Crippen molar-refractivity contribution in [2.24, 2.45) is 101 Å². The van der Waals surface area contributed by atoms with Crippen LogP contribution in [0.25, 0.3) is 0 Å². The molecule has 0 rings (SSSR count). The van der Waals surface area contributed by atoms with E-state index in [4.69, 9.17) is 0 Å². The highest BCUT2D eigenvalue weighted by molar-refractivity contribution is 4.65. The van der Waals surface area contributed by atoms with E-state index in [9.17, 15) is 0 Å². The molecule has 0 aromatic rings. The molecule has 0 bridgehead atoms. The Morgan fingerprint density at radius 3 is 0.339 bits per heavy atom. The average Bonchev–Trinajstić information content (AvgIpc) is 1.03. The molecule has 0 heteroatoms. The van der Waals surface area contributed by atoms with Crippen molar-refractivity contribution in [1.29, 1.82) is 0 Å². The first-order chi connectivity index (χ1) is 54.7. The van der Waals surface area contributed by atoms with E-state index in [1.54, 1.807) is 0 Å². The number of rotatable bonds is 77. The van der Waals surface area contributed by atoms with Gasteiger partial charge in [-0.3, -0.25) is 0 Å². The first-order valence-corrected chi connectivity index (χ1v) is 54.7. The third kappa shape index (κ3) is 140. The highest BCUT2D eigenvalue weighted by Crippen LogP contribution is 2.27. The van der Waals surface area contributed by atoms with Gasteiger partial charge < -0.3 is 0 Å². The highest BCUT2D eigenvalue weighted by Gasteiger charge is 2.11. The fourth-order valence-corrected chi connectivity index (χ4v) is 16.1. The van der Waals surface area contributed by atoms with Gasteiger partial charge in [-0.15, -0.1) is 0 Å². The first-order valence-electron chi connectivity index (χ1n) is 54.7. The van der Waals surface area contributed by atoms with E-state index in [0.717, 1.165) is 101 Å². The van der Waals surface area contributed by atoms with Crippen molar-refractivity contribution in [2.45, 2.75) is 645 Å². The van der Waals surface area contributed by atoms with Gasteiger partial charge in [0.2, 0.25) is 0 Å². The molecule has 0 heterocycles. The van der Waals surface area contributed by atoms with Gasteiger partial charge in [0, 0.05) is 0 Å². The Kier molecular flexibility index (Phi) is 116. The number of hydrogen-bond acceptors (Lipinski definition) is 0. The monoisotopic (exact) mass is 1630 g/mol. The Hall–Kier alpha value is 0. The summed E-state index contributed by atoms with van der Waals surface area (Å²) in [7, 11) is 0. The average molecular weight is 1630 g/mol. The third-order valence-corrected chi connectivity index (χ3v) is 25.3. The van der Waals surface area contributed by atoms with Crippen LogP contribution in [0.1, 0.15) is 645 Å². The van der Waals surface area contributed by atoms with E-state index in [-0.39, 0.29) is 0 Å². The summed E-state index contributed by atoms with van der Waals surface area (Å²) in [6.07, 6.45) is 96.8. The molecule has 0 amide bonds. The van der Waals surface area contributed by atoms with Gasteiger partial charge in [0.1, 0.15) is 0 Å². The van der Waals surface area contributed by atoms with E-state index in [0.29, 0.717) is 0 Å². The summed E-state index contributed by atoms with van der Waals surface area (Å²) in [5.74, 6) is 15.6. The molecule has 0 spiro atoms. The van der Waals surface area contributed by atoms with Crippen molar-refractivity contribution in [3.05, 3.63) is 0 Å². The van der Waals surface area contributed by atoms with Crippen LogP contribution in [-0.4, -0.2) is 0 Å². The maximum Gasteiger partial charge on any atom is -0.0443 e. The SMILES string of the molecule is CC(C)CCCC(C)CCCC(C)CCC(C)C.CC(C)CCCCCCCC(C)CCC(C)C.CC(C)CCCCCCCCCCC(C)C.CCCCCC(C)CCCC(C)CCC(C)C.CCCCCC(C)CCCCCCC(C)C.CCCCCCCCCC(C)CCC(C)C.CCCCCCCCCCCCC(C)C. The van der Waals surface area contributed by atoms with Crippen LogP contribution in [0.2, 0.25) is 0 Å². The molecule has 0 saturated heterocycles. The molecule has 0 aliphatic rings. The Labute approximate surface area is 740 Å². The molecule has 0 N–H and O–H groups in total. The second-order valence-electron chi connectivity index (χ2n) is 44.4. The van der Waals surface area contributed by atoms with Gasteiger partial charge >= 0.3 is 0 Å². The van der Waals surface area contributed by atoms with Crippen molar-refractivity contribution in [2.75, 3.05) is 0 Å². The molecule has 0 aliphatic heterocycles. The lowest BCUT2D eigenvalue weighted by atomic mass is 9.91. The molecular weight excluding hydrogens is 1380 g/mol. The molecule has 115 heavy (non-hydrogen) atoms. The quantitative estimate of drug-likeness (QED) is 0.0533. The zero-order chi connectivity index (χ0) is 88.2. The van der Waals surface area contributed by atoms with Gasteiger partial charge in [0.25, 0.3) is 0 Å². The van der Waals surface area contributed by atoms with Gasteiger partial charge in [-0.1, -0.05) is 645 Å². The van der Waals surface area contributed by atoms with E-state index in [2.05, 4.69) is 215 Å². The summed E-state index contributed by atoms with van der Waals surface area (Å²) in [5, 5.41) is 0. The molecule has 7 atom stereocenters. The van der Waals surface area contributed by atoms with Crippen molar-refractivity contribution in [1.82, 2.24) is 0 Å². The minimum absolute atomic E-state index is 0.877. The molecule has 7 unspecified atom stereocenters. The largest absolute Gasteiger partial charge is 0.0654 e. The van der Waals surface area contributed by atoms with Gasteiger partial charge in [-0.2, -0.15) is 0 Å². The second-order valence-corrected chi connectivity index (χ2v) is 44.4. The molecule has 0 aromatic carbocycles. The van der Waals surface area contributed by atoms with Crippen molar-refractivity contribution in [3.63, 3.8) is 0 Å². The standard InChI is InChI=1S/C18H38.2C17H36.3C16H34.C15H32/c1-15(2)9-7-10-17(5)11-8-12-18(6)14-13-16(3)4;1-15(2)11-9-7-6-8-10-12-17(5)14-13-16(3)4;1-6-7-8-10-16(4)11-9-12-17(5)14-13-15(2)3;1-15(2)13-11-9-7-5-6-8-10-12-14-16(3)4;1-5-6-9-13-16(4)14-11-8-7-10-12-15(2)3;1-5-6-7-8-9-10-11-12-16(4)14-13-15(2)3;1-4-5-6-7-8-9-10-11-12-13-14-15(2)3/h15-18H,7-14H2,1-6H3;2*15-17H,6-14H2,1-5H3;3*15-16H,5-14H2,1-4H3;15H,4-14H2,1-3H3. The maximum atomic E-state index is 2.44. The van der Waals surface area contributed by atoms with Crippen molar-refractivity contribution < 1.29 is 0 Å². The lowest BCUT2D eigenvalue weighted by molar-refractivity contribution is 0.376. The summed E-state index contributed by atoms with van der Waals surface area (Å²) in [4.78, 5) is 0. The molecular formula is C115H244. The van der Waals surface area contributed by atoms with Crippen LogP contribution in [0, 0.1) is 101 Å². The van der Waals surface area contributed by atoms with Crippen LogP contribution in [0.4, 0.5) is 0 Å². The maximum absolute atomic E-state index is 2.44. The molecule has 704 valence electrons. The summed E-state index contributed by atoms with van der Waals surface area (Å²) in [6, 6.07) is 0. The van der Waals surface area contributed by atoms with Crippen LogP contribution < -0.4 is 0 Å². The van der Waals surface area contributed by atoms with Crippen molar-refractivity contribution in [3.8, 4) is 0 Å². The van der Waals surface area contributed by atoms with Crippen molar-refractivity contribution >= 4 is 0 Å². The Balaban J connectivity index is -0.000000237. The Morgan fingerprint density at radius 1 is 0.0870 bits per heavy atom. The Morgan fingerprint density at radius 2 is 0.183 bits per heavy atom. The number of unbranched alkanes of at least 4 members (excludes halogenated alkanes) is 33. The normalized spacial score (nSPS) is 13.4. The Bertz CT molecular complexity index is 1590. The fourth-order valence-electron chi connectivity index (χ4n) is 16.1. The number of hydrogen-bond donors (Lipinski definition) is 0. The first kappa shape index (κ1) is 128. The zero-order valence-corrected chi connectivity index (χ0v) is 88.2. The zero-order valence-electron chi connectivity index (χ0n) is 88.2. The molecule has 0 nitrogen and oxygen atoms in total. The lowest BCUT2D eigenvalue weighted by Crippen LogP contribution is -2.01. The van der Waals surface area contributed by atoms with E-state index in [1.165, 1.54) is 430 Å². The topological polar surface area (TPSA) is 0 Å². The molecule has 0 fully saturated rings. The van der Waals surface area contributed by atoms with E-state index in [1.807, 2.05) is 0 Å². The predicted octanol–water partition coefficient (Wildman–Crippen LogP) is 44.1. The fraction of sp³-hybridized carbons (Fsp3) is 1.00. The molecule has 0 aliphatic carbocycles. The van der Waals surface area contributed by atoms with Gasteiger partial charge in [-0.05, 0) is 101 Å². The van der Waals surface area contributed by atoms with Gasteiger partial charge in [-0.25, -0.2) is 0 Å². The third-order valence-electron chi connectivity index (χ3n) is 25.3. The molecule has 0 radical (unpaired) electrons. The molecule has 0 saturated carbocycles. The minimum Gasteiger partial charge on any atom is -0.0654 e. The van der Waals surface area contributed by atoms with Crippen LogP contribution in [0.3, 0.4) is 0 Å². The van der Waals surface area contributed by atoms with E-state index < -0.39 is 0 Å². The summed E-state index contributed by atoms with van der Waals surface area (Å²) in [6.45, 7) is 72.8. The van der Waals surface area contributed by atoms with Gasteiger partial charge in [0.15, 0.2) is 0 Å². The summed E-state index contributed by atoms with van der Waals surface area (Å²) in [5.41, 5.74) is 0. The van der Waals surface area contributed by atoms with Crippen LogP contribution >= 0.6 is 0 Å². The molecule has 0 aromatic heterocycles. The minimum atomic E-state index is 0.877. The second kappa shape index (κ2) is 105. The highest BCUT2D eigenvalue weighted by atomic mass is 14.2. The summed E-state index contributed by atoms with van der Waals surface area (Å²) >= 11 is 0.